The fourth-order valence-electron chi connectivity index (χ4n) is 4.20. The van der Waals surface area contributed by atoms with Gasteiger partial charge in [0.05, 0.1) is 5.56 Å². The molecule has 0 N–H and O–H groups in total. The molecule has 5 heteroatoms. The molecular formula is C31H39BrN2O2. The van der Waals surface area contributed by atoms with Gasteiger partial charge in [-0.05, 0) is 73.2 Å². The van der Waals surface area contributed by atoms with Crippen molar-refractivity contribution in [2.75, 3.05) is 0 Å². The lowest BCUT2D eigenvalue weighted by Gasteiger charge is -2.09. The minimum Gasteiger partial charge on any atom is -0.423 e. The van der Waals surface area contributed by atoms with Crippen LogP contribution in [0.3, 0.4) is 0 Å². The van der Waals surface area contributed by atoms with E-state index in [4.69, 9.17) is 4.74 Å². The van der Waals surface area contributed by atoms with E-state index in [1.54, 1.807) is 12.1 Å². The Hall–Kier alpha value is -2.53. The van der Waals surface area contributed by atoms with E-state index in [0.717, 1.165) is 34.9 Å². The molecule has 0 bridgehead atoms. The molecule has 0 unspecified atom stereocenters. The van der Waals surface area contributed by atoms with Gasteiger partial charge in [-0.15, -0.1) is 0 Å². The lowest BCUT2D eigenvalue weighted by Crippen LogP contribution is -2.08. The van der Waals surface area contributed by atoms with Gasteiger partial charge in [-0.3, -0.25) is 0 Å². The summed E-state index contributed by atoms with van der Waals surface area (Å²) in [7, 11) is 0. The van der Waals surface area contributed by atoms with Crippen molar-refractivity contribution in [3.8, 4) is 17.1 Å². The third kappa shape index (κ3) is 9.16. The van der Waals surface area contributed by atoms with Crippen molar-refractivity contribution in [3.63, 3.8) is 0 Å². The molecule has 0 atom stereocenters. The third-order valence-corrected chi connectivity index (χ3v) is 7.17. The molecule has 36 heavy (non-hydrogen) atoms. The van der Waals surface area contributed by atoms with Crippen molar-refractivity contribution in [1.82, 2.24) is 9.97 Å². The highest BCUT2D eigenvalue weighted by atomic mass is 79.9. The molecule has 0 fully saturated rings. The van der Waals surface area contributed by atoms with Gasteiger partial charge in [0.1, 0.15) is 5.75 Å². The van der Waals surface area contributed by atoms with Crippen LogP contribution in [0.25, 0.3) is 11.4 Å². The molecule has 2 aromatic carbocycles. The predicted molar refractivity (Wildman–Crippen MR) is 151 cm³/mol. The Kier molecular flexibility index (Phi) is 12.1. The number of benzene rings is 2. The molecule has 192 valence electrons. The number of aromatic nitrogens is 2. The van der Waals surface area contributed by atoms with E-state index in [1.807, 2.05) is 42.7 Å². The Labute approximate surface area is 225 Å². The summed E-state index contributed by atoms with van der Waals surface area (Å²) in [5.74, 6) is 0.814. The number of hydrogen-bond donors (Lipinski definition) is 0. The van der Waals surface area contributed by atoms with E-state index in [9.17, 15) is 4.79 Å². The van der Waals surface area contributed by atoms with E-state index in [1.165, 1.54) is 63.4 Å². The quantitative estimate of drug-likeness (QED) is 0.107. The largest absolute Gasteiger partial charge is 0.423 e. The number of nitrogens with zero attached hydrogens (tertiary/aromatic N) is 2. The molecule has 0 radical (unpaired) electrons. The number of carbonyl (C=O) groups excluding carboxylic acids is 1. The molecule has 3 aromatic rings. The fourth-order valence-corrected chi connectivity index (χ4v) is 4.78. The Morgan fingerprint density at radius 2 is 1.39 bits per heavy atom. The van der Waals surface area contributed by atoms with Crippen LogP contribution >= 0.6 is 15.9 Å². The summed E-state index contributed by atoms with van der Waals surface area (Å²) in [5.41, 5.74) is 3.84. The van der Waals surface area contributed by atoms with Gasteiger partial charge in [-0.2, -0.15) is 0 Å². The van der Waals surface area contributed by atoms with Gasteiger partial charge in [0.2, 0.25) is 0 Å². The maximum absolute atomic E-state index is 12.7. The first-order valence-electron chi connectivity index (χ1n) is 13.5. The Morgan fingerprint density at radius 1 is 0.778 bits per heavy atom. The SMILES string of the molecule is CCCCCCCCCc1ccc(C(=O)Oc2ccc(-c3ncc(CCCCC)cn3)cc2)cc1Br. The smallest absolute Gasteiger partial charge is 0.343 e. The van der Waals surface area contributed by atoms with Crippen LogP contribution in [0.2, 0.25) is 0 Å². The zero-order chi connectivity index (χ0) is 25.6. The molecule has 0 aliphatic heterocycles. The highest BCUT2D eigenvalue weighted by Gasteiger charge is 2.12. The van der Waals surface area contributed by atoms with E-state index in [2.05, 4.69) is 39.7 Å². The lowest BCUT2D eigenvalue weighted by molar-refractivity contribution is 0.0734. The average Bonchev–Trinajstić information content (AvgIpc) is 2.90. The van der Waals surface area contributed by atoms with Gasteiger partial charge in [-0.1, -0.05) is 87.2 Å². The Bertz CT molecular complexity index is 1060. The molecule has 0 saturated heterocycles. The van der Waals surface area contributed by atoms with Gasteiger partial charge in [0.15, 0.2) is 5.82 Å². The number of halogens is 1. The number of carbonyl (C=O) groups is 1. The predicted octanol–water partition coefficient (Wildman–Crippen LogP) is 9.15. The molecule has 0 aliphatic carbocycles. The molecule has 3 rings (SSSR count). The van der Waals surface area contributed by atoms with Gasteiger partial charge in [0.25, 0.3) is 0 Å². The molecule has 1 heterocycles. The Morgan fingerprint density at radius 3 is 2.06 bits per heavy atom. The van der Waals surface area contributed by atoms with Crippen molar-refractivity contribution >= 4 is 21.9 Å². The van der Waals surface area contributed by atoms with Gasteiger partial charge in [0, 0.05) is 22.4 Å². The fraction of sp³-hybridized carbons (Fsp3) is 0.452. The van der Waals surface area contributed by atoms with Crippen LogP contribution in [0.4, 0.5) is 0 Å². The molecule has 4 nitrogen and oxygen atoms in total. The van der Waals surface area contributed by atoms with Crippen LogP contribution in [0, 0.1) is 0 Å². The molecule has 0 aliphatic rings. The normalized spacial score (nSPS) is 11.0. The van der Waals surface area contributed by atoms with Crippen LogP contribution in [-0.2, 0) is 12.8 Å². The highest BCUT2D eigenvalue weighted by molar-refractivity contribution is 9.10. The highest BCUT2D eigenvalue weighted by Crippen LogP contribution is 2.24. The molecule has 0 saturated carbocycles. The second-order valence-corrected chi connectivity index (χ2v) is 10.3. The molecular weight excluding hydrogens is 512 g/mol. The third-order valence-electron chi connectivity index (χ3n) is 6.44. The summed E-state index contributed by atoms with van der Waals surface area (Å²) in [5, 5.41) is 0. The summed E-state index contributed by atoms with van der Waals surface area (Å²) in [6.07, 6.45) is 18.5. The van der Waals surface area contributed by atoms with Crippen molar-refractivity contribution in [3.05, 3.63) is 76.0 Å². The maximum Gasteiger partial charge on any atom is 0.343 e. The van der Waals surface area contributed by atoms with Crippen molar-refractivity contribution in [1.29, 1.82) is 0 Å². The van der Waals surface area contributed by atoms with Gasteiger partial charge < -0.3 is 4.74 Å². The van der Waals surface area contributed by atoms with E-state index in [-0.39, 0.29) is 5.97 Å². The van der Waals surface area contributed by atoms with E-state index in [0.29, 0.717) is 17.1 Å². The first-order chi connectivity index (χ1) is 17.6. The number of aryl methyl sites for hydroxylation is 2. The molecule has 0 amide bonds. The zero-order valence-corrected chi connectivity index (χ0v) is 23.4. The maximum atomic E-state index is 12.7. The van der Waals surface area contributed by atoms with Crippen LogP contribution in [0.1, 0.15) is 99.5 Å². The van der Waals surface area contributed by atoms with E-state index >= 15 is 0 Å². The molecule has 0 spiro atoms. The second kappa shape index (κ2) is 15.6. The van der Waals surface area contributed by atoms with Crippen LogP contribution in [0.15, 0.2) is 59.3 Å². The summed E-state index contributed by atoms with van der Waals surface area (Å²) >= 11 is 3.64. The molecule has 1 aromatic heterocycles. The number of unbranched alkanes of at least 4 members (excludes halogenated alkanes) is 8. The number of rotatable bonds is 15. The summed E-state index contributed by atoms with van der Waals surface area (Å²) in [4.78, 5) is 21.7. The lowest BCUT2D eigenvalue weighted by atomic mass is 10.0. The van der Waals surface area contributed by atoms with Crippen LogP contribution < -0.4 is 4.74 Å². The van der Waals surface area contributed by atoms with Gasteiger partial charge >= 0.3 is 5.97 Å². The Balaban J connectivity index is 1.49. The van der Waals surface area contributed by atoms with Crippen molar-refractivity contribution < 1.29 is 9.53 Å². The van der Waals surface area contributed by atoms with E-state index < -0.39 is 0 Å². The topological polar surface area (TPSA) is 52.1 Å². The number of hydrogen-bond acceptors (Lipinski definition) is 4. The van der Waals surface area contributed by atoms with Crippen molar-refractivity contribution in [2.24, 2.45) is 0 Å². The summed E-state index contributed by atoms with van der Waals surface area (Å²) < 4.78 is 6.57. The second-order valence-electron chi connectivity index (χ2n) is 9.46. The summed E-state index contributed by atoms with van der Waals surface area (Å²) in [6, 6.07) is 13.1. The minimum absolute atomic E-state index is 0.362. The first kappa shape index (κ1) is 28.0. The van der Waals surface area contributed by atoms with Crippen LogP contribution in [-0.4, -0.2) is 15.9 Å². The zero-order valence-electron chi connectivity index (χ0n) is 21.8. The number of ether oxygens (including phenoxy) is 1. The monoisotopic (exact) mass is 550 g/mol. The minimum atomic E-state index is -0.362. The average molecular weight is 552 g/mol. The standard InChI is InChI=1S/C31H39BrN2O2/c1-3-5-7-8-9-10-12-14-25-15-16-27(21-29(25)32)31(35)36-28-19-17-26(18-20-28)30-33-22-24(23-34-30)13-11-6-4-2/h15-23H,3-14H2,1-2H3. The number of esters is 1. The van der Waals surface area contributed by atoms with Gasteiger partial charge in [-0.25, -0.2) is 14.8 Å². The van der Waals surface area contributed by atoms with Crippen LogP contribution in [0.5, 0.6) is 5.75 Å². The van der Waals surface area contributed by atoms with Crippen molar-refractivity contribution in [2.45, 2.75) is 90.9 Å². The summed E-state index contributed by atoms with van der Waals surface area (Å²) in [6.45, 7) is 4.45. The first-order valence-corrected chi connectivity index (χ1v) is 14.3.